The number of hydrogen-bond acceptors (Lipinski definition) is 1. The minimum atomic E-state index is -0.574. The molecule has 2 unspecified atom stereocenters. The van der Waals surface area contributed by atoms with E-state index < -0.39 is 10.8 Å². The van der Waals surface area contributed by atoms with E-state index in [1.165, 1.54) is 100 Å². The number of fused-ring (bicyclic) bond motifs is 6. The van der Waals surface area contributed by atoms with Crippen LogP contribution in [0.4, 0.5) is 17.1 Å². The second kappa shape index (κ2) is 17.3. The topological polar surface area (TPSA) is 3.24 Å². The van der Waals surface area contributed by atoms with Gasteiger partial charge in [0.2, 0.25) is 0 Å². The van der Waals surface area contributed by atoms with Crippen molar-refractivity contribution >= 4 is 17.1 Å². The van der Waals surface area contributed by atoms with E-state index in [4.69, 9.17) is 0 Å². The van der Waals surface area contributed by atoms with E-state index in [-0.39, 0.29) is 10.8 Å². The van der Waals surface area contributed by atoms with Crippen LogP contribution in [0.25, 0.3) is 33.4 Å². The Hall–Kier alpha value is -8.00. The van der Waals surface area contributed by atoms with E-state index in [2.05, 4.69) is 297 Å². The van der Waals surface area contributed by atoms with E-state index in [0.717, 1.165) is 17.1 Å². The molecule has 2 aliphatic carbocycles. The maximum absolute atomic E-state index is 2.54. The van der Waals surface area contributed by atoms with Gasteiger partial charge in [0.15, 0.2) is 0 Å². The molecule has 0 radical (unpaired) electrons. The second-order valence-corrected chi connectivity index (χ2v) is 22.6. The zero-order chi connectivity index (χ0) is 50.3. The first-order valence-corrected chi connectivity index (χ1v) is 26.1. The van der Waals surface area contributed by atoms with Crippen molar-refractivity contribution in [1.82, 2.24) is 0 Å². The third-order valence-electron chi connectivity index (χ3n) is 16.2. The van der Waals surface area contributed by atoms with Crippen LogP contribution in [0.5, 0.6) is 0 Å². The molecule has 0 aliphatic heterocycles. The van der Waals surface area contributed by atoms with Crippen molar-refractivity contribution in [2.24, 2.45) is 0 Å². The lowest BCUT2D eigenvalue weighted by Gasteiger charge is -2.36. The van der Waals surface area contributed by atoms with Crippen LogP contribution in [-0.4, -0.2) is 0 Å². The SMILES string of the molecule is Cc1cc(N(c2ccc3c(c2)C(c2ccccc2)(c2ccc(C(C)(C)C)cc2)c2ccccc2-3)c2ccc3c(c2)C(c2ccccc2)(c2ccc(C(C)(C)C)cc2)c2ccccc2-3)cc(C)c1-c1ccccc1. The molecule has 1 nitrogen and oxygen atoms in total. The van der Waals surface area contributed by atoms with Gasteiger partial charge in [0.05, 0.1) is 10.8 Å². The zero-order valence-electron chi connectivity index (χ0n) is 43.5. The van der Waals surface area contributed by atoms with Crippen molar-refractivity contribution in [3.63, 3.8) is 0 Å². The molecule has 0 saturated heterocycles. The summed E-state index contributed by atoms with van der Waals surface area (Å²) in [5.41, 5.74) is 25.2. The van der Waals surface area contributed by atoms with Crippen LogP contribution in [-0.2, 0) is 21.7 Å². The van der Waals surface area contributed by atoms with Crippen LogP contribution in [0.1, 0.15) is 108 Å². The standard InChI is InChI=1S/C72H63N/c1-48-44-59(45-49(2)68(48)50-22-12-9-13-23-50)73(57-40-42-62-60-28-18-20-30-64(60)71(66(62)46-57,53-24-14-10-15-25-53)55-36-32-51(33-37-55)69(3,4)5)58-41-43-63-61-29-19-21-31-65(61)72(67(63)47-58,54-26-16-11-17-27-54)56-38-34-52(35-39-56)70(6,7)8/h9-47H,1-8H3. The van der Waals surface area contributed by atoms with Crippen LogP contribution in [0.2, 0.25) is 0 Å². The Bertz CT molecular complexity index is 3460. The van der Waals surface area contributed by atoms with Gasteiger partial charge in [-0.25, -0.2) is 0 Å². The highest BCUT2D eigenvalue weighted by Crippen LogP contribution is 2.60. The third-order valence-corrected chi connectivity index (χ3v) is 16.2. The summed E-state index contributed by atoms with van der Waals surface area (Å²) in [7, 11) is 0. The summed E-state index contributed by atoms with van der Waals surface area (Å²) < 4.78 is 0. The molecule has 0 saturated carbocycles. The van der Waals surface area contributed by atoms with Crippen LogP contribution in [0, 0.1) is 13.8 Å². The van der Waals surface area contributed by atoms with E-state index >= 15 is 0 Å². The molecule has 0 amide bonds. The Morgan fingerprint density at radius 1 is 0.301 bits per heavy atom. The average Bonchev–Trinajstić information content (AvgIpc) is 3.87. The lowest BCUT2D eigenvalue weighted by Crippen LogP contribution is -2.29. The van der Waals surface area contributed by atoms with Crippen molar-refractivity contribution in [3.05, 3.63) is 303 Å². The first kappa shape index (κ1) is 46.1. The normalized spacial score (nSPS) is 16.6. The van der Waals surface area contributed by atoms with Gasteiger partial charge in [-0.05, 0) is 161 Å². The van der Waals surface area contributed by atoms with Gasteiger partial charge >= 0.3 is 0 Å². The summed E-state index contributed by atoms with van der Waals surface area (Å²) in [5.74, 6) is 0. The van der Waals surface area contributed by atoms with Gasteiger partial charge in [0, 0.05) is 17.1 Å². The number of nitrogens with zero attached hydrogens (tertiary/aromatic N) is 1. The summed E-state index contributed by atoms with van der Waals surface area (Å²) in [6, 6.07) is 89.9. The predicted molar refractivity (Wildman–Crippen MR) is 308 cm³/mol. The molecule has 0 N–H and O–H groups in total. The second-order valence-electron chi connectivity index (χ2n) is 22.6. The lowest BCUT2D eigenvalue weighted by molar-refractivity contribution is 0.589. The molecule has 73 heavy (non-hydrogen) atoms. The van der Waals surface area contributed by atoms with Gasteiger partial charge in [-0.1, -0.05) is 242 Å². The van der Waals surface area contributed by atoms with Crippen molar-refractivity contribution in [3.8, 4) is 33.4 Å². The Kier molecular flexibility index (Phi) is 11.0. The fourth-order valence-corrected chi connectivity index (χ4v) is 12.8. The first-order chi connectivity index (χ1) is 35.3. The maximum Gasteiger partial charge on any atom is 0.0714 e. The number of aryl methyl sites for hydroxylation is 2. The molecule has 0 spiro atoms. The highest BCUT2D eigenvalue weighted by molar-refractivity contribution is 5.93. The Morgan fingerprint density at radius 2 is 0.644 bits per heavy atom. The first-order valence-electron chi connectivity index (χ1n) is 26.1. The highest BCUT2D eigenvalue weighted by Gasteiger charge is 2.48. The summed E-state index contributed by atoms with van der Waals surface area (Å²) in [5, 5.41) is 0. The van der Waals surface area contributed by atoms with Gasteiger partial charge < -0.3 is 4.90 Å². The summed E-state index contributed by atoms with van der Waals surface area (Å²) >= 11 is 0. The van der Waals surface area contributed by atoms with E-state index in [0.29, 0.717) is 0 Å². The van der Waals surface area contributed by atoms with Crippen molar-refractivity contribution in [2.75, 3.05) is 4.90 Å². The van der Waals surface area contributed by atoms with Gasteiger partial charge in [-0.15, -0.1) is 0 Å². The number of benzene rings is 10. The molecule has 0 aromatic heterocycles. The largest absolute Gasteiger partial charge is 0.310 e. The number of anilines is 3. The van der Waals surface area contributed by atoms with Crippen molar-refractivity contribution < 1.29 is 0 Å². The fraction of sp³-hybridized carbons (Fsp3) is 0.167. The Balaban J connectivity index is 1.14. The fourth-order valence-electron chi connectivity index (χ4n) is 12.8. The molecule has 10 aromatic carbocycles. The molecular formula is C72H63N. The number of hydrogen-bond donors (Lipinski definition) is 0. The third kappa shape index (κ3) is 7.27. The molecule has 0 fully saturated rings. The van der Waals surface area contributed by atoms with Gasteiger partial charge in [0.25, 0.3) is 0 Å². The monoisotopic (exact) mass is 941 g/mol. The minimum absolute atomic E-state index is 0.0229. The molecule has 356 valence electrons. The highest BCUT2D eigenvalue weighted by atomic mass is 15.1. The smallest absolute Gasteiger partial charge is 0.0714 e. The van der Waals surface area contributed by atoms with Gasteiger partial charge in [-0.3, -0.25) is 0 Å². The van der Waals surface area contributed by atoms with Gasteiger partial charge in [0.1, 0.15) is 0 Å². The molecule has 12 rings (SSSR count). The summed E-state index contributed by atoms with van der Waals surface area (Å²) in [6.45, 7) is 18.4. The van der Waals surface area contributed by atoms with E-state index in [9.17, 15) is 0 Å². The van der Waals surface area contributed by atoms with Gasteiger partial charge in [-0.2, -0.15) is 0 Å². The Morgan fingerprint density at radius 3 is 1.04 bits per heavy atom. The Labute approximate surface area is 433 Å². The lowest BCUT2D eigenvalue weighted by atomic mass is 9.67. The molecular weight excluding hydrogens is 879 g/mol. The summed E-state index contributed by atoms with van der Waals surface area (Å²) in [4.78, 5) is 2.54. The summed E-state index contributed by atoms with van der Waals surface area (Å²) in [6.07, 6.45) is 0. The minimum Gasteiger partial charge on any atom is -0.310 e. The zero-order valence-corrected chi connectivity index (χ0v) is 43.5. The van der Waals surface area contributed by atoms with Crippen molar-refractivity contribution in [1.29, 1.82) is 0 Å². The number of rotatable bonds is 8. The molecule has 2 atom stereocenters. The molecule has 2 aliphatic rings. The van der Waals surface area contributed by atoms with Crippen LogP contribution < -0.4 is 4.90 Å². The molecule has 10 aromatic rings. The van der Waals surface area contributed by atoms with Crippen LogP contribution in [0.15, 0.2) is 237 Å². The van der Waals surface area contributed by atoms with Crippen molar-refractivity contribution in [2.45, 2.75) is 77.0 Å². The average molecular weight is 942 g/mol. The van der Waals surface area contributed by atoms with Crippen LogP contribution in [0.3, 0.4) is 0 Å². The molecule has 1 heteroatoms. The molecule has 0 heterocycles. The maximum atomic E-state index is 2.54. The predicted octanol–water partition coefficient (Wildman–Crippen LogP) is 18.8. The van der Waals surface area contributed by atoms with E-state index in [1.54, 1.807) is 0 Å². The quantitative estimate of drug-likeness (QED) is 0.147. The molecule has 0 bridgehead atoms. The van der Waals surface area contributed by atoms with E-state index in [1.807, 2.05) is 0 Å². The van der Waals surface area contributed by atoms with Crippen LogP contribution >= 0.6 is 0 Å².